The van der Waals surface area contributed by atoms with Gasteiger partial charge in [0.15, 0.2) is 0 Å². The lowest BCUT2D eigenvalue weighted by Crippen LogP contribution is -2.43. The van der Waals surface area contributed by atoms with E-state index in [0.29, 0.717) is 18.5 Å². The van der Waals surface area contributed by atoms with Gasteiger partial charge in [0, 0.05) is 17.1 Å². The van der Waals surface area contributed by atoms with Crippen LogP contribution < -0.4 is 0 Å². The van der Waals surface area contributed by atoms with Gasteiger partial charge in [0.25, 0.3) is 0 Å². The lowest BCUT2D eigenvalue weighted by Gasteiger charge is -2.37. The van der Waals surface area contributed by atoms with Crippen molar-refractivity contribution < 1.29 is 23.5 Å². The first-order valence-electron chi connectivity index (χ1n) is 6.85. The number of ether oxygens (including phenoxy) is 2. The van der Waals surface area contributed by atoms with Gasteiger partial charge in [-0.05, 0) is 25.0 Å². The van der Waals surface area contributed by atoms with Crippen LogP contribution in [0.5, 0.6) is 0 Å². The SMILES string of the molecule is COC(=O)C1CCN(C(=O)OC)C(c2ccc(Cl)cc2F)C1. The number of hydrogen-bond acceptors (Lipinski definition) is 4. The molecule has 2 atom stereocenters. The summed E-state index contributed by atoms with van der Waals surface area (Å²) in [7, 11) is 2.58. The van der Waals surface area contributed by atoms with E-state index in [-0.39, 0.29) is 23.3 Å². The minimum absolute atomic E-state index is 0.270. The quantitative estimate of drug-likeness (QED) is 0.782. The number of carbonyl (C=O) groups excluding carboxylic acids is 2. The number of likely N-dealkylation sites (tertiary alicyclic amines) is 1. The molecular weight excluding hydrogens is 313 g/mol. The summed E-state index contributed by atoms with van der Waals surface area (Å²) in [5.74, 6) is -1.26. The third-order valence-corrected chi connectivity index (χ3v) is 4.10. The highest BCUT2D eigenvalue weighted by Gasteiger charge is 2.37. The van der Waals surface area contributed by atoms with Gasteiger partial charge in [-0.15, -0.1) is 0 Å². The first kappa shape index (κ1) is 16.5. The van der Waals surface area contributed by atoms with Gasteiger partial charge in [-0.1, -0.05) is 17.7 Å². The normalized spacial score (nSPS) is 21.4. The number of methoxy groups -OCH3 is 2. The average Bonchev–Trinajstić information content (AvgIpc) is 2.53. The molecule has 1 fully saturated rings. The molecule has 1 aromatic rings. The fourth-order valence-corrected chi connectivity index (χ4v) is 2.91. The molecule has 22 heavy (non-hydrogen) atoms. The van der Waals surface area contributed by atoms with Crippen LogP contribution in [0.15, 0.2) is 18.2 Å². The molecule has 1 saturated heterocycles. The summed E-state index contributed by atoms with van der Waals surface area (Å²) < 4.78 is 23.7. The van der Waals surface area contributed by atoms with E-state index < -0.39 is 18.0 Å². The van der Waals surface area contributed by atoms with Crippen molar-refractivity contribution in [1.82, 2.24) is 4.90 Å². The largest absolute Gasteiger partial charge is 0.469 e. The Morgan fingerprint density at radius 2 is 2.05 bits per heavy atom. The minimum atomic E-state index is -0.595. The van der Waals surface area contributed by atoms with Gasteiger partial charge in [-0.2, -0.15) is 0 Å². The van der Waals surface area contributed by atoms with Crippen LogP contribution in [-0.2, 0) is 14.3 Å². The number of hydrogen-bond donors (Lipinski definition) is 0. The van der Waals surface area contributed by atoms with Crippen molar-refractivity contribution in [2.75, 3.05) is 20.8 Å². The third-order valence-electron chi connectivity index (χ3n) is 3.87. The van der Waals surface area contributed by atoms with Crippen molar-refractivity contribution in [3.8, 4) is 0 Å². The Balaban J connectivity index is 2.34. The molecule has 2 unspecified atom stereocenters. The van der Waals surface area contributed by atoms with Crippen molar-refractivity contribution in [3.63, 3.8) is 0 Å². The van der Waals surface area contributed by atoms with Crippen LogP contribution in [-0.4, -0.2) is 37.7 Å². The molecule has 0 N–H and O–H groups in total. The fraction of sp³-hybridized carbons (Fsp3) is 0.467. The standard InChI is InChI=1S/C15H17ClFNO4/c1-21-14(19)9-5-6-18(15(20)22-2)13(7-9)11-4-3-10(16)8-12(11)17/h3-4,8-9,13H,5-7H2,1-2H3. The first-order chi connectivity index (χ1) is 10.5. The van der Waals surface area contributed by atoms with Gasteiger partial charge in [0.1, 0.15) is 5.82 Å². The van der Waals surface area contributed by atoms with Crippen molar-refractivity contribution in [1.29, 1.82) is 0 Å². The molecular formula is C15H17ClFNO4. The molecule has 2 rings (SSSR count). The summed E-state index contributed by atoms with van der Waals surface area (Å²) in [5, 5.41) is 0.270. The molecule has 7 heteroatoms. The zero-order valence-electron chi connectivity index (χ0n) is 12.3. The molecule has 0 aromatic heterocycles. The van der Waals surface area contributed by atoms with Gasteiger partial charge >= 0.3 is 12.1 Å². The second-order valence-corrected chi connectivity index (χ2v) is 5.53. The number of piperidine rings is 1. The fourth-order valence-electron chi connectivity index (χ4n) is 2.75. The molecule has 1 amide bonds. The van der Waals surface area contributed by atoms with Crippen LogP contribution in [0.2, 0.25) is 5.02 Å². The van der Waals surface area contributed by atoms with Crippen LogP contribution in [0.4, 0.5) is 9.18 Å². The van der Waals surface area contributed by atoms with E-state index in [1.807, 2.05) is 0 Å². The molecule has 0 aliphatic carbocycles. The summed E-state index contributed by atoms with van der Waals surface area (Å²) in [6, 6.07) is 3.67. The predicted molar refractivity (Wildman–Crippen MR) is 78.0 cm³/mol. The van der Waals surface area contributed by atoms with Crippen molar-refractivity contribution in [2.24, 2.45) is 5.92 Å². The monoisotopic (exact) mass is 329 g/mol. The molecule has 0 spiro atoms. The first-order valence-corrected chi connectivity index (χ1v) is 7.23. The molecule has 120 valence electrons. The molecule has 0 saturated carbocycles. The van der Waals surface area contributed by atoms with E-state index in [0.717, 1.165) is 0 Å². The van der Waals surface area contributed by atoms with Crippen LogP contribution in [0.25, 0.3) is 0 Å². The van der Waals surface area contributed by atoms with Crippen molar-refractivity contribution >= 4 is 23.7 Å². The Labute approximate surface area is 132 Å². The number of nitrogens with zero attached hydrogens (tertiary/aromatic N) is 1. The predicted octanol–water partition coefficient (Wildman–Crippen LogP) is 3.17. The number of carbonyl (C=O) groups is 2. The molecule has 1 aliphatic rings. The highest BCUT2D eigenvalue weighted by molar-refractivity contribution is 6.30. The maximum atomic E-state index is 14.2. The second-order valence-electron chi connectivity index (χ2n) is 5.09. The summed E-state index contributed by atoms with van der Waals surface area (Å²) in [4.78, 5) is 25.1. The molecule has 1 aliphatic heterocycles. The summed E-state index contributed by atoms with van der Waals surface area (Å²) in [6.45, 7) is 0.291. The maximum absolute atomic E-state index is 14.2. The number of halogens is 2. The Morgan fingerprint density at radius 3 is 2.64 bits per heavy atom. The number of amides is 1. The smallest absolute Gasteiger partial charge is 0.409 e. The van der Waals surface area contributed by atoms with Gasteiger partial charge in [0.05, 0.1) is 26.2 Å². The average molecular weight is 330 g/mol. The molecule has 5 nitrogen and oxygen atoms in total. The van der Waals surface area contributed by atoms with Gasteiger partial charge in [0.2, 0.25) is 0 Å². The van der Waals surface area contributed by atoms with Crippen molar-refractivity contribution in [3.05, 3.63) is 34.6 Å². The van der Waals surface area contributed by atoms with Crippen molar-refractivity contribution in [2.45, 2.75) is 18.9 Å². The molecule has 1 heterocycles. The summed E-state index contributed by atoms with van der Waals surface area (Å²) >= 11 is 5.76. The second kappa shape index (κ2) is 6.96. The van der Waals surface area contributed by atoms with E-state index in [2.05, 4.69) is 0 Å². The maximum Gasteiger partial charge on any atom is 0.409 e. The zero-order chi connectivity index (χ0) is 16.3. The molecule has 1 aromatic carbocycles. The van der Waals surface area contributed by atoms with E-state index in [9.17, 15) is 14.0 Å². The highest BCUT2D eigenvalue weighted by Crippen LogP contribution is 2.36. The number of esters is 1. The van der Waals surface area contributed by atoms with Crippen LogP contribution in [0, 0.1) is 11.7 Å². The highest BCUT2D eigenvalue weighted by atomic mass is 35.5. The summed E-state index contributed by atoms with van der Waals surface area (Å²) in [6.07, 6.45) is 0.177. The Bertz CT molecular complexity index is 581. The van der Waals surface area contributed by atoms with E-state index in [4.69, 9.17) is 21.1 Å². The van der Waals surface area contributed by atoms with E-state index >= 15 is 0 Å². The Kier molecular flexibility index (Phi) is 5.24. The molecule has 0 bridgehead atoms. The third kappa shape index (κ3) is 3.32. The minimum Gasteiger partial charge on any atom is -0.469 e. The van der Waals surface area contributed by atoms with Crippen LogP contribution >= 0.6 is 11.6 Å². The van der Waals surface area contributed by atoms with Crippen LogP contribution in [0.1, 0.15) is 24.4 Å². The van der Waals surface area contributed by atoms with Gasteiger partial charge in [-0.25, -0.2) is 9.18 Å². The summed E-state index contributed by atoms with van der Waals surface area (Å²) in [5.41, 5.74) is 0.309. The Morgan fingerprint density at radius 1 is 1.32 bits per heavy atom. The lowest BCUT2D eigenvalue weighted by molar-refractivity contribution is -0.147. The number of benzene rings is 1. The number of rotatable bonds is 2. The van der Waals surface area contributed by atoms with E-state index in [1.165, 1.54) is 31.3 Å². The zero-order valence-corrected chi connectivity index (χ0v) is 13.1. The van der Waals surface area contributed by atoms with E-state index in [1.54, 1.807) is 6.07 Å². The Hall–Kier alpha value is -1.82. The molecule has 0 radical (unpaired) electrons. The lowest BCUT2D eigenvalue weighted by atomic mass is 9.87. The van der Waals surface area contributed by atoms with Gasteiger partial charge < -0.3 is 14.4 Å². The van der Waals surface area contributed by atoms with Crippen LogP contribution in [0.3, 0.4) is 0 Å². The van der Waals surface area contributed by atoms with Gasteiger partial charge in [-0.3, -0.25) is 4.79 Å². The topological polar surface area (TPSA) is 55.8 Å².